The molecule has 0 fully saturated rings. The fourth-order valence-electron chi connectivity index (χ4n) is 1.50. The van der Waals surface area contributed by atoms with Gasteiger partial charge in [0.1, 0.15) is 11.6 Å². The van der Waals surface area contributed by atoms with E-state index >= 15 is 0 Å². The number of hydrogen-bond donors (Lipinski definition) is 1. The standard InChI is InChI=1S/C14H14N2O5S/c1-9(16)12(7-15)13(17)8-21-14(18)10-3-5-11(6-4-10)22(2,19)20/h3-6H,8,16H2,1-2H3/b12-9-. The molecule has 0 atom stereocenters. The van der Waals surface area contributed by atoms with E-state index in [1.807, 2.05) is 0 Å². The topological polar surface area (TPSA) is 127 Å². The maximum absolute atomic E-state index is 11.7. The molecule has 0 heterocycles. The molecule has 1 aromatic rings. The van der Waals surface area contributed by atoms with Crippen molar-refractivity contribution in [2.24, 2.45) is 5.73 Å². The number of sulfone groups is 1. The summed E-state index contributed by atoms with van der Waals surface area (Å²) in [7, 11) is -3.36. The summed E-state index contributed by atoms with van der Waals surface area (Å²) in [4.78, 5) is 23.4. The van der Waals surface area contributed by atoms with Crippen LogP contribution >= 0.6 is 0 Å². The van der Waals surface area contributed by atoms with Gasteiger partial charge in [-0.15, -0.1) is 0 Å². The number of esters is 1. The van der Waals surface area contributed by atoms with Crippen LogP contribution in [0.5, 0.6) is 0 Å². The van der Waals surface area contributed by atoms with Crippen LogP contribution in [0.25, 0.3) is 0 Å². The van der Waals surface area contributed by atoms with E-state index < -0.39 is 28.2 Å². The lowest BCUT2D eigenvalue weighted by Crippen LogP contribution is -2.17. The highest BCUT2D eigenvalue weighted by molar-refractivity contribution is 7.90. The summed E-state index contributed by atoms with van der Waals surface area (Å²) in [6, 6.07) is 6.71. The summed E-state index contributed by atoms with van der Waals surface area (Å²) in [6.45, 7) is 0.770. The number of carbonyl (C=O) groups is 2. The molecule has 116 valence electrons. The third kappa shape index (κ3) is 4.43. The molecule has 8 heteroatoms. The number of ether oxygens (including phenoxy) is 1. The Kier molecular flexibility index (Phi) is 5.43. The van der Waals surface area contributed by atoms with Gasteiger partial charge in [-0.05, 0) is 31.2 Å². The fraction of sp³-hybridized carbons (Fsp3) is 0.214. The highest BCUT2D eigenvalue weighted by Gasteiger charge is 2.16. The van der Waals surface area contributed by atoms with E-state index in [4.69, 9.17) is 15.7 Å². The van der Waals surface area contributed by atoms with E-state index in [2.05, 4.69) is 0 Å². The van der Waals surface area contributed by atoms with Gasteiger partial charge < -0.3 is 10.5 Å². The molecule has 0 amide bonds. The average Bonchev–Trinajstić information content (AvgIpc) is 2.44. The maximum atomic E-state index is 11.7. The number of nitriles is 1. The largest absolute Gasteiger partial charge is 0.454 e. The molecule has 0 unspecified atom stereocenters. The van der Waals surface area contributed by atoms with Crippen molar-refractivity contribution in [1.82, 2.24) is 0 Å². The quantitative estimate of drug-likeness (QED) is 0.477. The minimum atomic E-state index is -3.36. The molecule has 0 bridgehead atoms. The molecule has 0 aliphatic rings. The molecule has 0 saturated carbocycles. The lowest BCUT2D eigenvalue weighted by Gasteiger charge is -2.05. The molecule has 0 aromatic heterocycles. The lowest BCUT2D eigenvalue weighted by molar-refractivity contribution is -0.118. The molecule has 22 heavy (non-hydrogen) atoms. The summed E-state index contributed by atoms with van der Waals surface area (Å²) < 4.78 is 27.4. The van der Waals surface area contributed by atoms with Crippen LogP contribution < -0.4 is 5.73 Å². The van der Waals surface area contributed by atoms with E-state index in [0.29, 0.717) is 0 Å². The first-order valence-electron chi connectivity index (χ1n) is 6.03. The van der Waals surface area contributed by atoms with Gasteiger partial charge in [0.05, 0.1) is 10.5 Å². The summed E-state index contributed by atoms with van der Waals surface area (Å²) in [6.07, 6.45) is 1.05. The van der Waals surface area contributed by atoms with Crippen molar-refractivity contribution in [3.05, 3.63) is 41.1 Å². The Morgan fingerprint density at radius 1 is 1.27 bits per heavy atom. The van der Waals surface area contributed by atoms with Crippen molar-refractivity contribution in [2.75, 3.05) is 12.9 Å². The number of nitrogens with two attached hydrogens (primary N) is 1. The SMILES string of the molecule is C/C(N)=C(\C#N)C(=O)COC(=O)c1ccc(S(C)(=O)=O)cc1. The molecular formula is C14H14N2O5S. The highest BCUT2D eigenvalue weighted by Crippen LogP contribution is 2.11. The van der Waals surface area contributed by atoms with Gasteiger partial charge in [-0.2, -0.15) is 5.26 Å². The van der Waals surface area contributed by atoms with Crippen LogP contribution in [-0.2, 0) is 19.4 Å². The Morgan fingerprint density at radius 3 is 2.23 bits per heavy atom. The monoisotopic (exact) mass is 322 g/mol. The van der Waals surface area contributed by atoms with Crippen LogP contribution in [0, 0.1) is 11.3 Å². The van der Waals surface area contributed by atoms with Crippen LogP contribution in [0.1, 0.15) is 17.3 Å². The number of allylic oxidation sites excluding steroid dienone is 1. The Labute approximate surface area is 127 Å². The normalized spacial score (nSPS) is 12.0. The molecule has 7 nitrogen and oxygen atoms in total. The zero-order valence-electron chi connectivity index (χ0n) is 12.0. The first kappa shape index (κ1) is 17.4. The number of rotatable bonds is 5. The van der Waals surface area contributed by atoms with E-state index in [0.717, 1.165) is 6.26 Å². The first-order valence-corrected chi connectivity index (χ1v) is 7.93. The van der Waals surface area contributed by atoms with Gasteiger partial charge in [-0.25, -0.2) is 13.2 Å². The van der Waals surface area contributed by atoms with Crippen molar-refractivity contribution < 1.29 is 22.7 Å². The highest BCUT2D eigenvalue weighted by atomic mass is 32.2. The number of Topliss-reactive ketones (excluding diaryl/α,β-unsaturated/α-hetero) is 1. The number of benzene rings is 1. The van der Waals surface area contributed by atoms with Crippen molar-refractivity contribution in [3.8, 4) is 6.07 Å². The summed E-state index contributed by atoms with van der Waals surface area (Å²) in [5, 5.41) is 8.75. The van der Waals surface area contributed by atoms with E-state index in [1.165, 1.54) is 31.2 Å². The molecule has 1 rings (SSSR count). The molecule has 0 aliphatic heterocycles. The maximum Gasteiger partial charge on any atom is 0.338 e. The Hall–Kier alpha value is -2.66. The number of nitrogens with zero attached hydrogens (tertiary/aromatic N) is 1. The average molecular weight is 322 g/mol. The summed E-state index contributed by atoms with van der Waals surface area (Å²) >= 11 is 0. The zero-order valence-corrected chi connectivity index (χ0v) is 12.8. The number of carbonyl (C=O) groups excluding carboxylic acids is 2. The van der Waals surface area contributed by atoms with Gasteiger partial charge in [-0.1, -0.05) is 0 Å². The second kappa shape index (κ2) is 6.87. The van der Waals surface area contributed by atoms with Gasteiger partial charge in [-0.3, -0.25) is 4.79 Å². The summed E-state index contributed by atoms with van der Waals surface area (Å²) in [5.74, 6) is -1.51. The van der Waals surface area contributed by atoms with Crippen molar-refractivity contribution in [2.45, 2.75) is 11.8 Å². The molecule has 0 saturated heterocycles. The van der Waals surface area contributed by atoms with Crippen LogP contribution in [-0.4, -0.2) is 33.0 Å². The minimum Gasteiger partial charge on any atom is -0.454 e. The van der Waals surface area contributed by atoms with E-state index in [9.17, 15) is 18.0 Å². The van der Waals surface area contributed by atoms with Gasteiger partial charge in [0.2, 0.25) is 5.78 Å². The molecule has 0 spiro atoms. The molecule has 1 aromatic carbocycles. The van der Waals surface area contributed by atoms with Crippen LogP contribution in [0.2, 0.25) is 0 Å². The molecule has 2 N–H and O–H groups in total. The second-order valence-electron chi connectivity index (χ2n) is 4.47. The van der Waals surface area contributed by atoms with Gasteiger partial charge in [0.25, 0.3) is 0 Å². The predicted octanol–water partition coefficient (Wildman–Crippen LogP) is 0.572. The summed E-state index contributed by atoms with van der Waals surface area (Å²) in [5.41, 5.74) is 5.23. The lowest BCUT2D eigenvalue weighted by atomic mass is 10.1. The predicted molar refractivity (Wildman–Crippen MR) is 77.3 cm³/mol. The van der Waals surface area contributed by atoms with Crippen LogP contribution in [0.3, 0.4) is 0 Å². The molecule has 0 aliphatic carbocycles. The van der Waals surface area contributed by atoms with Crippen LogP contribution in [0.4, 0.5) is 0 Å². The third-order valence-corrected chi connectivity index (χ3v) is 3.77. The van der Waals surface area contributed by atoms with E-state index in [-0.39, 0.29) is 21.7 Å². The molecule has 0 radical (unpaired) electrons. The second-order valence-corrected chi connectivity index (χ2v) is 6.48. The molecular weight excluding hydrogens is 308 g/mol. The van der Waals surface area contributed by atoms with Crippen molar-refractivity contribution in [3.63, 3.8) is 0 Å². The van der Waals surface area contributed by atoms with Crippen molar-refractivity contribution >= 4 is 21.6 Å². The third-order valence-electron chi connectivity index (χ3n) is 2.64. The van der Waals surface area contributed by atoms with E-state index in [1.54, 1.807) is 6.07 Å². The van der Waals surface area contributed by atoms with Gasteiger partial charge in [0, 0.05) is 12.0 Å². The first-order chi connectivity index (χ1) is 10.2. The smallest absolute Gasteiger partial charge is 0.338 e. The Balaban J connectivity index is 2.77. The fourth-order valence-corrected chi connectivity index (χ4v) is 2.13. The van der Waals surface area contributed by atoms with Crippen LogP contribution in [0.15, 0.2) is 40.4 Å². The number of hydrogen-bond acceptors (Lipinski definition) is 7. The van der Waals surface area contributed by atoms with Gasteiger partial charge in [0.15, 0.2) is 16.4 Å². The zero-order chi connectivity index (χ0) is 16.9. The Morgan fingerprint density at radius 2 is 1.82 bits per heavy atom. The van der Waals surface area contributed by atoms with Gasteiger partial charge >= 0.3 is 5.97 Å². The number of ketones is 1. The van der Waals surface area contributed by atoms with Crippen molar-refractivity contribution in [1.29, 1.82) is 5.26 Å². The minimum absolute atomic E-state index is 0.0426. The Bertz CT molecular complexity index is 766.